The minimum atomic E-state index is -0.665. The third-order valence-electron chi connectivity index (χ3n) is 2.45. The Labute approximate surface area is 96.2 Å². The molecule has 1 atom stereocenters. The van der Waals surface area contributed by atoms with E-state index < -0.39 is 22.9 Å². The van der Waals surface area contributed by atoms with Gasteiger partial charge in [-0.25, -0.2) is 9.69 Å². The van der Waals surface area contributed by atoms with E-state index in [1.165, 1.54) is 31.2 Å². The Hall–Kier alpha value is -2.44. The van der Waals surface area contributed by atoms with Gasteiger partial charge in [0.2, 0.25) is 0 Å². The molecule has 1 saturated heterocycles. The van der Waals surface area contributed by atoms with Gasteiger partial charge in [0.1, 0.15) is 11.7 Å². The van der Waals surface area contributed by atoms with Gasteiger partial charge >= 0.3 is 6.03 Å². The minimum Gasteiger partial charge on any atom is -0.326 e. The van der Waals surface area contributed by atoms with Crippen molar-refractivity contribution in [2.45, 2.75) is 13.0 Å². The maximum atomic E-state index is 11.7. The van der Waals surface area contributed by atoms with Crippen LogP contribution < -0.4 is 10.2 Å². The molecule has 1 N–H and O–H groups in total. The zero-order valence-corrected chi connectivity index (χ0v) is 8.91. The average Bonchev–Trinajstić information content (AvgIpc) is 2.53. The van der Waals surface area contributed by atoms with Crippen LogP contribution in [0.25, 0.3) is 0 Å². The molecule has 1 heterocycles. The molecule has 17 heavy (non-hydrogen) atoms. The van der Waals surface area contributed by atoms with Gasteiger partial charge < -0.3 is 5.32 Å². The molecular weight excluding hydrogens is 226 g/mol. The number of amides is 3. The zero-order chi connectivity index (χ0) is 12.6. The van der Waals surface area contributed by atoms with Crippen LogP contribution in [-0.4, -0.2) is 22.9 Å². The van der Waals surface area contributed by atoms with E-state index in [1.807, 2.05) is 0 Å². The minimum absolute atomic E-state index is 0.00986. The average molecular weight is 235 g/mol. The molecule has 0 aliphatic carbocycles. The fourth-order valence-corrected chi connectivity index (χ4v) is 1.64. The number of nitro groups is 1. The van der Waals surface area contributed by atoms with Crippen LogP contribution >= 0.6 is 0 Å². The van der Waals surface area contributed by atoms with Gasteiger partial charge in [-0.2, -0.15) is 0 Å². The van der Waals surface area contributed by atoms with E-state index in [2.05, 4.69) is 5.32 Å². The third kappa shape index (κ3) is 1.71. The second kappa shape index (κ2) is 3.85. The lowest BCUT2D eigenvalue weighted by atomic mass is 10.2. The second-order valence-corrected chi connectivity index (χ2v) is 3.59. The van der Waals surface area contributed by atoms with Crippen molar-refractivity contribution >= 4 is 23.3 Å². The molecule has 0 aromatic heterocycles. The number of carbonyl (C=O) groups is 2. The molecule has 0 radical (unpaired) electrons. The SMILES string of the molecule is C[C@@H]1NC(=O)N(c2ccccc2[N+](=O)[O-])C1=O. The van der Waals surface area contributed by atoms with Gasteiger partial charge in [-0.3, -0.25) is 14.9 Å². The first kappa shape index (κ1) is 11.1. The summed E-state index contributed by atoms with van der Waals surface area (Å²) in [6.45, 7) is 1.52. The lowest BCUT2D eigenvalue weighted by Gasteiger charge is -2.12. The van der Waals surface area contributed by atoms with Crippen molar-refractivity contribution in [1.29, 1.82) is 0 Å². The number of urea groups is 1. The van der Waals surface area contributed by atoms with Gasteiger partial charge in [-0.1, -0.05) is 12.1 Å². The molecule has 88 valence electrons. The monoisotopic (exact) mass is 235 g/mol. The normalized spacial score (nSPS) is 19.4. The number of carbonyl (C=O) groups excluding carboxylic acids is 2. The number of hydrogen-bond acceptors (Lipinski definition) is 4. The van der Waals surface area contributed by atoms with Crippen LogP contribution in [0.3, 0.4) is 0 Å². The van der Waals surface area contributed by atoms with Crippen molar-refractivity contribution in [2.75, 3.05) is 4.90 Å². The van der Waals surface area contributed by atoms with Crippen LogP contribution in [0, 0.1) is 10.1 Å². The van der Waals surface area contributed by atoms with Gasteiger partial charge in [0.15, 0.2) is 0 Å². The summed E-state index contributed by atoms with van der Waals surface area (Å²) in [5.41, 5.74) is -0.283. The molecule has 7 heteroatoms. The molecule has 1 fully saturated rings. The number of nitro benzene ring substituents is 1. The molecule has 0 bridgehead atoms. The number of benzene rings is 1. The van der Waals surface area contributed by atoms with E-state index in [-0.39, 0.29) is 11.4 Å². The summed E-state index contributed by atoms with van der Waals surface area (Å²) in [6, 6.07) is 4.32. The summed E-state index contributed by atoms with van der Waals surface area (Å²) < 4.78 is 0. The third-order valence-corrected chi connectivity index (χ3v) is 2.45. The lowest BCUT2D eigenvalue weighted by Crippen LogP contribution is -2.31. The number of anilines is 1. The highest BCUT2D eigenvalue weighted by Gasteiger charge is 2.39. The highest BCUT2D eigenvalue weighted by atomic mass is 16.6. The van der Waals surface area contributed by atoms with E-state index >= 15 is 0 Å². The lowest BCUT2D eigenvalue weighted by molar-refractivity contribution is -0.384. The van der Waals surface area contributed by atoms with Crippen LogP contribution in [0.5, 0.6) is 0 Å². The molecular formula is C10H9N3O4. The first-order chi connectivity index (χ1) is 8.02. The number of nitrogens with one attached hydrogen (secondary N) is 1. The predicted molar refractivity (Wildman–Crippen MR) is 58.6 cm³/mol. The highest BCUT2D eigenvalue weighted by molar-refractivity contribution is 6.22. The van der Waals surface area contributed by atoms with Crippen LogP contribution in [0.4, 0.5) is 16.2 Å². The molecule has 3 amide bonds. The first-order valence-corrected chi connectivity index (χ1v) is 4.90. The topological polar surface area (TPSA) is 92.6 Å². The zero-order valence-electron chi connectivity index (χ0n) is 8.91. The van der Waals surface area contributed by atoms with Crippen molar-refractivity contribution in [3.63, 3.8) is 0 Å². The van der Waals surface area contributed by atoms with Crippen molar-refractivity contribution in [3.05, 3.63) is 34.4 Å². The smallest absolute Gasteiger partial charge is 0.326 e. The van der Waals surface area contributed by atoms with Crippen LogP contribution in [0.15, 0.2) is 24.3 Å². The summed E-state index contributed by atoms with van der Waals surface area (Å²) in [6.07, 6.45) is 0. The van der Waals surface area contributed by atoms with Gasteiger partial charge in [0.05, 0.1) is 4.92 Å². The van der Waals surface area contributed by atoms with Gasteiger partial charge in [0, 0.05) is 6.07 Å². The largest absolute Gasteiger partial charge is 0.329 e. The molecule has 2 rings (SSSR count). The molecule has 1 aliphatic rings. The van der Waals surface area contributed by atoms with Crippen molar-refractivity contribution in [3.8, 4) is 0 Å². The number of rotatable bonds is 2. The molecule has 1 aliphatic heterocycles. The van der Waals surface area contributed by atoms with E-state index in [9.17, 15) is 19.7 Å². The summed E-state index contributed by atoms with van der Waals surface area (Å²) in [5.74, 6) is -0.496. The van der Waals surface area contributed by atoms with Gasteiger partial charge in [-0.15, -0.1) is 0 Å². The van der Waals surface area contributed by atoms with E-state index in [0.717, 1.165) is 4.90 Å². The Bertz CT molecular complexity index is 514. The maximum Gasteiger partial charge on any atom is 0.329 e. The number of hydrogen-bond donors (Lipinski definition) is 1. The van der Waals surface area contributed by atoms with Crippen molar-refractivity contribution < 1.29 is 14.5 Å². The molecule has 7 nitrogen and oxygen atoms in total. The van der Waals surface area contributed by atoms with Crippen LogP contribution in [0.2, 0.25) is 0 Å². The molecule has 1 aromatic rings. The molecule has 0 spiro atoms. The predicted octanol–water partition coefficient (Wildman–Crippen LogP) is 1.04. The Balaban J connectivity index is 2.51. The van der Waals surface area contributed by atoms with Gasteiger partial charge in [-0.05, 0) is 13.0 Å². The maximum absolute atomic E-state index is 11.7. The Kier molecular flexibility index (Phi) is 2.51. The molecule has 0 unspecified atom stereocenters. The van der Waals surface area contributed by atoms with Crippen molar-refractivity contribution in [1.82, 2.24) is 5.32 Å². The quantitative estimate of drug-likeness (QED) is 0.471. The summed E-state index contributed by atoms with van der Waals surface area (Å²) >= 11 is 0. The summed E-state index contributed by atoms with van der Waals surface area (Å²) in [5, 5.41) is 13.2. The van der Waals surface area contributed by atoms with E-state index in [1.54, 1.807) is 0 Å². The van der Waals surface area contributed by atoms with Crippen LogP contribution in [-0.2, 0) is 4.79 Å². The fraction of sp³-hybridized carbons (Fsp3) is 0.200. The van der Waals surface area contributed by atoms with E-state index in [4.69, 9.17) is 0 Å². The van der Waals surface area contributed by atoms with Crippen molar-refractivity contribution in [2.24, 2.45) is 0 Å². The standard InChI is InChI=1S/C10H9N3O4/c1-6-9(14)12(10(15)11-6)7-4-2-3-5-8(7)13(16)17/h2-6H,1H3,(H,11,15)/t6-/m0/s1. The first-order valence-electron chi connectivity index (χ1n) is 4.90. The van der Waals surface area contributed by atoms with E-state index in [0.29, 0.717) is 0 Å². The number of imide groups is 1. The summed E-state index contributed by atoms with van der Waals surface area (Å²) in [4.78, 5) is 34.2. The number of nitrogens with zero attached hydrogens (tertiary/aromatic N) is 2. The molecule has 1 aromatic carbocycles. The Morgan fingerprint density at radius 1 is 1.35 bits per heavy atom. The Morgan fingerprint density at radius 3 is 2.53 bits per heavy atom. The van der Waals surface area contributed by atoms with Crippen LogP contribution in [0.1, 0.15) is 6.92 Å². The number of para-hydroxylation sites is 2. The molecule has 0 saturated carbocycles. The van der Waals surface area contributed by atoms with Gasteiger partial charge in [0.25, 0.3) is 11.6 Å². The Morgan fingerprint density at radius 2 is 2.00 bits per heavy atom. The highest BCUT2D eigenvalue weighted by Crippen LogP contribution is 2.29. The summed E-state index contributed by atoms with van der Waals surface area (Å²) in [7, 11) is 0. The fourth-order valence-electron chi connectivity index (χ4n) is 1.64. The second-order valence-electron chi connectivity index (χ2n) is 3.59.